The molecular weight excluding hydrogens is 184 g/mol. The van der Waals surface area contributed by atoms with Crippen molar-refractivity contribution in [1.29, 1.82) is 0 Å². The molecule has 0 spiro atoms. The summed E-state index contributed by atoms with van der Waals surface area (Å²) in [7, 11) is 0. The molecule has 1 aromatic rings. The lowest BCUT2D eigenvalue weighted by atomic mass is 10.1. The third-order valence-electron chi connectivity index (χ3n) is 2.98. The monoisotopic (exact) mass is 204 g/mol. The van der Waals surface area contributed by atoms with Gasteiger partial charge < -0.3 is 10.6 Å². The van der Waals surface area contributed by atoms with Crippen molar-refractivity contribution < 1.29 is 0 Å². The molecule has 0 radical (unpaired) electrons. The second-order valence-corrected chi connectivity index (χ2v) is 4.17. The zero-order chi connectivity index (χ0) is 10.5. The summed E-state index contributed by atoms with van der Waals surface area (Å²) >= 11 is 0. The van der Waals surface area contributed by atoms with Crippen LogP contribution in [0.2, 0.25) is 0 Å². The first kappa shape index (κ1) is 10.7. The van der Waals surface area contributed by atoms with Gasteiger partial charge in [-0.25, -0.2) is 0 Å². The fraction of sp³-hybridized carbons (Fsp3) is 0.538. The van der Waals surface area contributed by atoms with Crippen molar-refractivity contribution >= 4 is 0 Å². The Morgan fingerprint density at radius 3 is 2.73 bits per heavy atom. The standard InChI is InChI=1S/C13H20N2/c1-2-14-8-9-15-13-10-12(13)11-6-4-3-5-7-11/h3-7,12-15H,2,8-10H2,1H3/t12-,13?/m0/s1. The highest BCUT2D eigenvalue weighted by molar-refractivity contribution is 5.27. The molecule has 0 aromatic heterocycles. The van der Waals surface area contributed by atoms with Gasteiger partial charge in [0.1, 0.15) is 0 Å². The largest absolute Gasteiger partial charge is 0.316 e. The number of hydrogen-bond acceptors (Lipinski definition) is 2. The maximum Gasteiger partial charge on any atom is 0.0143 e. The quantitative estimate of drug-likeness (QED) is 0.690. The Bertz CT molecular complexity index is 284. The van der Waals surface area contributed by atoms with Gasteiger partial charge in [0.05, 0.1) is 0 Å². The molecule has 1 aromatic carbocycles. The van der Waals surface area contributed by atoms with E-state index >= 15 is 0 Å². The molecule has 0 saturated heterocycles. The van der Waals surface area contributed by atoms with Crippen LogP contribution in [-0.4, -0.2) is 25.7 Å². The Balaban J connectivity index is 1.68. The summed E-state index contributed by atoms with van der Waals surface area (Å²) < 4.78 is 0. The molecule has 0 aliphatic heterocycles. The van der Waals surface area contributed by atoms with E-state index in [0.717, 1.165) is 25.6 Å². The van der Waals surface area contributed by atoms with E-state index in [9.17, 15) is 0 Å². The van der Waals surface area contributed by atoms with Gasteiger partial charge in [-0.15, -0.1) is 0 Å². The van der Waals surface area contributed by atoms with E-state index in [0.29, 0.717) is 6.04 Å². The highest BCUT2D eigenvalue weighted by Gasteiger charge is 2.37. The Kier molecular flexibility index (Phi) is 3.75. The van der Waals surface area contributed by atoms with Gasteiger partial charge in [-0.1, -0.05) is 37.3 Å². The number of nitrogens with one attached hydrogen (secondary N) is 2. The topological polar surface area (TPSA) is 24.1 Å². The van der Waals surface area contributed by atoms with Crippen molar-refractivity contribution in [3.05, 3.63) is 35.9 Å². The first-order valence-corrected chi connectivity index (χ1v) is 5.91. The molecule has 2 nitrogen and oxygen atoms in total. The molecule has 2 N–H and O–H groups in total. The molecule has 2 atom stereocenters. The Hall–Kier alpha value is -0.860. The van der Waals surface area contributed by atoms with Crippen LogP contribution in [0, 0.1) is 0 Å². The zero-order valence-corrected chi connectivity index (χ0v) is 9.37. The number of likely N-dealkylation sites (N-methyl/N-ethyl adjacent to an activating group) is 1. The molecule has 1 fully saturated rings. The minimum Gasteiger partial charge on any atom is -0.316 e. The second-order valence-electron chi connectivity index (χ2n) is 4.17. The first-order valence-electron chi connectivity index (χ1n) is 5.91. The molecule has 0 amide bonds. The predicted octanol–water partition coefficient (Wildman–Crippen LogP) is 1.74. The van der Waals surface area contributed by atoms with Gasteiger partial charge in [-0.05, 0) is 18.5 Å². The highest BCUT2D eigenvalue weighted by Crippen LogP contribution is 2.40. The third-order valence-corrected chi connectivity index (χ3v) is 2.98. The van der Waals surface area contributed by atoms with Crippen molar-refractivity contribution in [2.24, 2.45) is 0 Å². The Morgan fingerprint density at radius 2 is 2.00 bits per heavy atom. The second kappa shape index (κ2) is 5.29. The van der Waals surface area contributed by atoms with E-state index < -0.39 is 0 Å². The third kappa shape index (κ3) is 3.05. The normalized spacial score (nSPS) is 24.1. The molecule has 0 heterocycles. The average Bonchev–Trinajstić information content (AvgIpc) is 3.05. The molecule has 1 aliphatic rings. The summed E-state index contributed by atoms with van der Waals surface area (Å²) in [6.07, 6.45) is 1.30. The summed E-state index contributed by atoms with van der Waals surface area (Å²) in [4.78, 5) is 0. The highest BCUT2D eigenvalue weighted by atomic mass is 15.0. The average molecular weight is 204 g/mol. The Morgan fingerprint density at radius 1 is 1.20 bits per heavy atom. The summed E-state index contributed by atoms with van der Waals surface area (Å²) in [5, 5.41) is 6.90. The number of benzene rings is 1. The van der Waals surface area contributed by atoms with E-state index in [4.69, 9.17) is 0 Å². The van der Waals surface area contributed by atoms with Crippen LogP contribution in [0.4, 0.5) is 0 Å². The zero-order valence-electron chi connectivity index (χ0n) is 9.37. The molecule has 1 saturated carbocycles. The Labute approximate surface area is 92.1 Å². The van der Waals surface area contributed by atoms with E-state index in [1.807, 2.05) is 0 Å². The SMILES string of the molecule is CCNCCNC1C[C@H]1c1ccccc1. The van der Waals surface area contributed by atoms with Gasteiger partial charge in [-0.2, -0.15) is 0 Å². The lowest BCUT2D eigenvalue weighted by Crippen LogP contribution is -2.29. The molecular formula is C13H20N2. The molecule has 1 unspecified atom stereocenters. The molecule has 1 aliphatic carbocycles. The molecule has 0 bridgehead atoms. The molecule has 15 heavy (non-hydrogen) atoms. The maximum atomic E-state index is 3.58. The summed E-state index contributed by atoms with van der Waals surface area (Å²) in [6.45, 7) is 5.37. The molecule has 2 heteroatoms. The van der Waals surface area contributed by atoms with Crippen molar-refractivity contribution in [2.45, 2.75) is 25.3 Å². The minimum atomic E-state index is 0.714. The molecule has 2 rings (SSSR count). The van der Waals surface area contributed by atoms with Crippen LogP contribution in [0.15, 0.2) is 30.3 Å². The van der Waals surface area contributed by atoms with E-state index in [1.54, 1.807) is 0 Å². The van der Waals surface area contributed by atoms with E-state index in [-0.39, 0.29) is 0 Å². The van der Waals surface area contributed by atoms with Crippen molar-refractivity contribution in [3.8, 4) is 0 Å². The van der Waals surface area contributed by atoms with Crippen LogP contribution < -0.4 is 10.6 Å². The number of hydrogen-bond donors (Lipinski definition) is 2. The number of rotatable bonds is 6. The van der Waals surface area contributed by atoms with Crippen LogP contribution in [0.1, 0.15) is 24.8 Å². The predicted molar refractivity (Wildman–Crippen MR) is 64.1 cm³/mol. The van der Waals surface area contributed by atoms with E-state index in [1.165, 1.54) is 12.0 Å². The lowest BCUT2D eigenvalue weighted by molar-refractivity contribution is 0.615. The first-order chi connectivity index (χ1) is 7.42. The summed E-state index contributed by atoms with van der Waals surface area (Å²) in [6, 6.07) is 11.5. The minimum absolute atomic E-state index is 0.714. The van der Waals surface area contributed by atoms with Crippen molar-refractivity contribution in [1.82, 2.24) is 10.6 Å². The summed E-state index contributed by atoms with van der Waals surface area (Å²) in [5.74, 6) is 0.757. The van der Waals surface area contributed by atoms with Crippen molar-refractivity contribution in [2.75, 3.05) is 19.6 Å². The molecule has 82 valence electrons. The summed E-state index contributed by atoms with van der Waals surface area (Å²) in [5.41, 5.74) is 1.48. The van der Waals surface area contributed by atoms with Crippen LogP contribution >= 0.6 is 0 Å². The van der Waals surface area contributed by atoms with Gasteiger partial charge in [0.25, 0.3) is 0 Å². The van der Waals surface area contributed by atoms with Gasteiger partial charge in [0.15, 0.2) is 0 Å². The van der Waals surface area contributed by atoms with Gasteiger partial charge >= 0.3 is 0 Å². The maximum absolute atomic E-state index is 3.58. The van der Waals surface area contributed by atoms with Crippen molar-refractivity contribution in [3.63, 3.8) is 0 Å². The van der Waals surface area contributed by atoms with Crippen LogP contribution in [0.25, 0.3) is 0 Å². The fourth-order valence-corrected chi connectivity index (χ4v) is 2.01. The fourth-order valence-electron chi connectivity index (χ4n) is 2.01. The van der Waals surface area contributed by atoms with E-state index in [2.05, 4.69) is 47.9 Å². The van der Waals surface area contributed by atoms with Gasteiger partial charge in [0.2, 0.25) is 0 Å². The smallest absolute Gasteiger partial charge is 0.0143 e. The van der Waals surface area contributed by atoms with Crippen LogP contribution in [0.3, 0.4) is 0 Å². The van der Waals surface area contributed by atoms with Crippen LogP contribution in [-0.2, 0) is 0 Å². The van der Waals surface area contributed by atoms with Gasteiger partial charge in [0, 0.05) is 25.0 Å². The lowest BCUT2D eigenvalue weighted by Gasteiger charge is -2.04. The van der Waals surface area contributed by atoms with Crippen LogP contribution in [0.5, 0.6) is 0 Å². The van der Waals surface area contributed by atoms with Gasteiger partial charge in [-0.3, -0.25) is 0 Å².